The third-order valence-electron chi connectivity index (χ3n) is 2.51. The van der Waals surface area contributed by atoms with Crippen LogP contribution in [0.15, 0.2) is 42.6 Å². The molecule has 92 valence electrons. The van der Waals surface area contributed by atoms with Gasteiger partial charge in [0.1, 0.15) is 5.82 Å². The maximum absolute atomic E-state index is 11.6. The Bertz CT molecular complexity index is 553. The first kappa shape index (κ1) is 12.1. The smallest absolute Gasteiger partial charge is 0.339 e. The zero-order valence-corrected chi connectivity index (χ0v) is 10.1. The van der Waals surface area contributed by atoms with Crippen LogP contribution in [-0.4, -0.2) is 17.6 Å². The molecule has 0 atom stereocenters. The lowest BCUT2D eigenvalue weighted by Crippen LogP contribution is -2.06. The number of pyridine rings is 1. The Morgan fingerprint density at radius 2 is 2.06 bits per heavy atom. The van der Waals surface area contributed by atoms with E-state index in [1.807, 2.05) is 30.3 Å². The van der Waals surface area contributed by atoms with Gasteiger partial charge in [-0.15, -0.1) is 0 Å². The summed E-state index contributed by atoms with van der Waals surface area (Å²) < 4.78 is 4.94. The fourth-order valence-corrected chi connectivity index (χ4v) is 1.65. The van der Waals surface area contributed by atoms with E-state index in [-0.39, 0.29) is 5.97 Å². The number of rotatable bonds is 3. The SMILES string of the molecule is CCOC(=O)c1cnc(N)c(-c2ccccc2)c1. The highest BCUT2D eigenvalue weighted by atomic mass is 16.5. The van der Waals surface area contributed by atoms with Crippen molar-refractivity contribution in [1.29, 1.82) is 0 Å². The van der Waals surface area contributed by atoms with Crippen LogP contribution in [0.2, 0.25) is 0 Å². The number of nitrogens with two attached hydrogens (primary N) is 1. The van der Waals surface area contributed by atoms with Crippen LogP contribution in [0, 0.1) is 0 Å². The van der Waals surface area contributed by atoms with Gasteiger partial charge in [0.2, 0.25) is 0 Å². The predicted molar refractivity (Wildman–Crippen MR) is 70.0 cm³/mol. The number of esters is 1. The molecule has 0 saturated carbocycles. The summed E-state index contributed by atoms with van der Waals surface area (Å²) >= 11 is 0. The number of carbonyl (C=O) groups excluding carboxylic acids is 1. The largest absolute Gasteiger partial charge is 0.462 e. The molecule has 0 aliphatic carbocycles. The van der Waals surface area contributed by atoms with E-state index in [2.05, 4.69) is 4.98 Å². The van der Waals surface area contributed by atoms with Crippen LogP contribution < -0.4 is 5.73 Å². The van der Waals surface area contributed by atoms with Gasteiger partial charge in [-0.1, -0.05) is 30.3 Å². The molecule has 4 heteroatoms. The molecule has 2 rings (SSSR count). The van der Waals surface area contributed by atoms with E-state index in [1.54, 1.807) is 13.0 Å². The Morgan fingerprint density at radius 3 is 2.72 bits per heavy atom. The van der Waals surface area contributed by atoms with Crippen LogP contribution in [-0.2, 0) is 4.74 Å². The average molecular weight is 242 g/mol. The fourth-order valence-electron chi connectivity index (χ4n) is 1.65. The zero-order chi connectivity index (χ0) is 13.0. The first-order valence-corrected chi connectivity index (χ1v) is 5.70. The van der Waals surface area contributed by atoms with Gasteiger partial charge in [-0.05, 0) is 18.6 Å². The minimum absolute atomic E-state index is 0.337. The average Bonchev–Trinajstić information content (AvgIpc) is 2.40. The normalized spacial score (nSPS) is 10.1. The van der Waals surface area contributed by atoms with Crippen LogP contribution >= 0.6 is 0 Å². The number of hydrogen-bond donors (Lipinski definition) is 1. The number of carbonyl (C=O) groups is 1. The Balaban J connectivity index is 2.42. The number of anilines is 1. The highest BCUT2D eigenvalue weighted by Gasteiger charge is 2.11. The summed E-state index contributed by atoms with van der Waals surface area (Å²) in [5, 5.41) is 0. The molecule has 0 saturated heterocycles. The van der Waals surface area contributed by atoms with E-state index in [1.165, 1.54) is 6.20 Å². The lowest BCUT2D eigenvalue weighted by atomic mass is 10.1. The lowest BCUT2D eigenvalue weighted by Gasteiger charge is -2.07. The summed E-state index contributed by atoms with van der Waals surface area (Å²) in [6.45, 7) is 2.10. The summed E-state index contributed by atoms with van der Waals surface area (Å²) in [6.07, 6.45) is 1.43. The molecule has 1 aromatic carbocycles. The van der Waals surface area contributed by atoms with Gasteiger partial charge in [-0.2, -0.15) is 0 Å². The van der Waals surface area contributed by atoms with E-state index in [0.29, 0.717) is 18.0 Å². The summed E-state index contributed by atoms with van der Waals surface area (Å²) in [4.78, 5) is 15.7. The van der Waals surface area contributed by atoms with Crippen LogP contribution in [0.5, 0.6) is 0 Å². The first-order valence-electron chi connectivity index (χ1n) is 5.70. The topological polar surface area (TPSA) is 65.2 Å². The molecule has 2 aromatic rings. The first-order chi connectivity index (χ1) is 8.72. The third-order valence-corrected chi connectivity index (χ3v) is 2.51. The molecule has 0 aliphatic heterocycles. The van der Waals surface area contributed by atoms with Gasteiger partial charge in [-0.3, -0.25) is 0 Å². The Kier molecular flexibility index (Phi) is 3.57. The van der Waals surface area contributed by atoms with Crippen molar-refractivity contribution in [2.45, 2.75) is 6.92 Å². The molecule has 0 radical (unpaired) electrons. The Labute approximate surface area is 105 Å². The molecule has 0 amide bonds. The van der Waals surface area contributed by atoms with Crippen molar-refractivity contribution in [1.82, 2.24) is 4.98 Å². The van der Waals surface area contributed by atoms with E-state index in [9.17, 15) is 4.79 Å². The van der Waals surface area contributed by atoms with Crippen LogP contribution in [0.4, 0.5) is 5.82 Å². The van der Waals surface area contributed by atoms with Crippen molar-refractivity contribution in [3.8, 4) is 11.1 Å². The molecule has 0 unspecified atom stereocenters. The highest BCUT2D eigenvalue weighted by Crippen LogP contribution is 2.25. The predicted octanol–water partition coefficient (Wildman–Crippen LogP) is 2.51. The molecule has 0 aliphatic rings. The van der Waals surface area contributed by atoms with Crippen molar-refractivity contribution >= 4 is 11.8 Å². The van der Waals surface area contributed by atoms with Crippen molar-refractivity contribution in [2.75, 3.05) is 12.3 Å². The van der Waals surface area contributed by atoms with Crippen molar-refractivity contribution in [3.63, 3.8) is 0 Å². The quantitative estimate of drug-likeness (QED) is 0.840. The fraction of sp³-hybridized carbons (Fsp3) is 0.143. The van der Waals surface area contributed by atoms with E-state index in [0.717, 1.165) is 11.1 Å². The van der Waals surface area contributed by atoms with Gasteiger partial charge >= 0.3 is 5.97 Å². The maximum atomic E-state index is 11.6. The summed E-state index contributed by atoms with van der Waals surface area (Å²) in [7, 11) is 0. The molecule has 1 heterocycles. The number of aromatic nitrogens is 1. The van der Waals surface area contributed by atoms with Gasteiger partial charge in [0.25, 0.3) is 0 Å². The third kappa shape index (κ3) is 2.48. The highest BCUT2D eigenvalue weighted by molar-refractivity contribution is 5.92. The standard InChI is InChI=1S/C14H14N2O2/c1-2-18-14(17)11-8-12(13(15)16-9-11)10-6-4-3-5-7-10/h3-9H,2H2,1H3,(H2,15,16). The van der Waals surface area contributed by atoms with Gasteiger partial charge < -0.3 is 10.5 Å². The Morgan fingerprint density at radius 1 is 1.33 bits per heavy atom. The molecular formula is C14H14N2O2. The van der Waals surface area contributed by atoms with E-state index < -0.39 is 0 Å². The number of ether oxygens (including phenoxy) is 1. The second-order valence-electron chi connectivity index (χ2n) is 3.74. The molecule has 0 spiro atoms. The second kappa shape index (κ2) is 5.31. The van der Waals surface area contributed by atoms with Gasteiger partial charge in [-0.25, -0.2) is 9.78 Å². The van der Waals surface area contributed by atoms with Crippen LogP contribution in [0.3, 0.4) is 0 Å². The number of nitrogens with zero attached hydrogens (tertiary/aromatic N) is 1. The van der Waals surface area contributed by atoms with E-state index >= 15 is 0 Å². The molecule has 1 aromatic heterocycles. The van der Waals surface area contributed by atoms with Gasteiger partial charge in [0.05, 0.1) is 12.2 Å². The molecule has 4 nitrogen and oxygen atoms in total. The summed E-state index contributed by atoms with van der Waals surface area (Å²) in [5.74, 6) is 0.0106. The van der Waals surface area contributed by atoms with Crippen LogP contribution in [0.1, 0.15) is 17.3 Å². The molecule has 18 heavy (non-hydrogen) atoms. The van der Waals surface area contributed by atoms with E-state index in [4.69, 9.17) is 10.5 Å². The van der Waals surface area contributed by atoms with Crippen molar-refractivity contribution in [3.05, 3.63) is 48.2 Å². The molecule has 2 N–H and O–H groups in total. The summed E-state index contributed by atoms with van der Waals surface area (Å²) in [5.41, 5.74) is 7.90. The Hall–Kier alpha value is -2.36. The second-order valence-corrected chi connectivity index (χ2v) is 3.74. The monoisotopic (exact) mass is 242 g/mol. The van der Waals surface area contributed by atoms with Crippen molar-refractivity contribution < 1.29 is 9.53 Å². The maximum Gasteiger partial charge on any atom is 0.339 e. The van der Waals surface area contributed by atoms with Crippen molar-refractivity contribution in [2.24, 2.45) is 0 Å². The summed E-state index contributed by atoms with van der Waals surface area (Å²) in [6, 6.07) is 11.3. The number of hydrogen-bond acceptors (Lipinski definition) is 4. The number of benzene rings is 1. The minimum atomic E-state index is -0.387. The molecular weight excluding hydrogens is 228 g/mol. The lowest BCUT2D eigenvalue weighted by molar-refractivity contribution is 0.0526. The molecule has 0 fully saturated rings. The number of nitrogen functional groups attached to an aromatic ring is 1. The van der Waals surface area contributed by atoms with Crippen LogP contribution in [0.25, 0.3) is 11.1 Å². The minimum Gasteiger partial charge on any atom is -0.462 e. The zero-order valence-electron chi connectivity index (χ0n) is 10.1. The van der Waals surface area contributed by atoms with Gasteiger partial charge in [0.15, 0.2) is 0 Å². The van der Waals surface area contributed by atoms with Gasteiger partial charge in [0, 0.05) is 11.8 Å². The molecule has 0 bridgehead atoms.